The largest absolute Gasteiger partial charge is 0.378 e. The van der Waals surface area contributed by atoms with E-state index in [0.29, 0.717) is 5.49 Å². The van der Waals surface area contributed by atoms with Gasteiger partial charge < -0.3 is 9.75 Å². The van der Waals surface area contributed by atoms with Gasteiger partial charge in [-0.05, 0) is 31.2 Å². The molecular formula is C14H18N4OS. The van der Waals surface area contributed by atoms with Gasteiger partial charge in [0.25, 0.3) is 0 Å². The summed E-state index contributed by atoms with van der Waals surface area (Å²) < 4.78 is 7.30. The van der Waals surface area contributed by atoms with Crippen LogP contribution in [0.3, 0.4) is 0 Å². The third-order valence-electron chi connectivity index (χ3n) is 4.20. The Labute approximate surface area is 121 Å². The second-order valence-electron chi connectivity index (χ2n) is 5.39. The lowest BCUT2D eigenvalue weighted by Gasteiger charge is -2.30. The number of rotatable bonds is 1. The van der Waals surface area contributed by atoms with E-state index in [-0.39, 0.29) is 0 Å². The monoisotopic (exact) mass is 290 g/mol. The highest BCUT2D eigenvalue weighted by Crippen LogP contribution is 2.33. The molecule has 2 aromatic rings. The standard InChI is InChI=1S/C14H18N4OS/c15-13-12-10-3-1-2-4-11(10)20-14(12)16-9-18(13)17-5-7-19-8-6-17/h9,15H,1-8H2. The van der Waals surface area contributed by atoms with Gasteiger partial charge in [0, 0.05) is 4.88 Å². The van der Waals surface area contributed by atoms with Crippen molar-refractivity contribution in [2.24, 2.45) is 0 Å². The minimum absolute atomic E-state index is 0.594. The lowest BCUT2D eigenvalue weighted by Crippen LogP contribution is -2.48. The molecule has 0 unspecified atom stereocenters. The molecule has 106 valence electrons. The maximum Gasteiger partial charge on any atom is 0.156 e. The maximum atomic E-state index is 8.58. The van der Waals surface area contributed by atoms with Crippen molar-refractivity contribution in [3.8, 4) is 0 Å². The fourth-order valence-electron chi connectivity index (χ4n) is 3.15. The molecule has 2 aromatic heterocycles. The van der Waals surface area contributed by atoms with E-state index in [1.54, 1.807) is 17.7 Å². The average molecular weight is 290 g/mol. The third kappa shape index (κ3) is 1.86. The average Bonchev–Trinajstić information content (AvgIpc) is 2.88. The lowest BCUT2D eigenvalue weighted by atomic mass is 9.97. The lowest BCUT2D eigenvalue weighted by molar-refractivity contribution is 0.110. The van der Waals surface area contributed by atoms with E-state index in [1.165, 1.54) is 23.3 Å². The predicted octanol–water partition coefficient (Wildman–Crippen LogP) is 1.42. The Morgan fingerprint density at radius 2 is 2.00 bits per heavy atom. The van der Waals surface area contributed by atoms with Crippen LogP contribution in [0.25, 0.3) is 10.2 Å². The van der Waals surface area contributed by atoms with Gasteiger partial charge in [-0.2, -0.15) is 0 Å². The number of nitrogens with one attached hydrogen (secondary N) is 1. The predicted molar refractivity (Wildman–Crippen MR) is 78.9 cm³/mol. The van der Waals surface area contributed by atoms with Crippen molar-refractivity contribution >= 4 is 21.6 Å². The quantitative estimate of drug-likeness (QED) is 0.864. The van der Waals surface area contributed by atoms with Crippen molar-refractivity contribution in [3.63, 3.8) is 0 Å². The van der Waals surface area contributed by atoms with Gasteiger partial charge >= 0.3 is 0 Å². The van der Waals surface area contributed by atoms with Crippen molar-refractivity contribution < 1.29 is 4.74 Å². The smallest absolute Gasteiger partial charge is 0.156 e. The van der Waals surface area contributed by atoms with E-state index in [9.17, 15) is 0 Å². The van der Waals surface area contributed by atoms with E-state index < -0.39 is 0 Å². The molecule has 1 N–H and O–H groups in total. The molecule has 0 saturated carbocycles. The van der Waals surface area contributed by atoms with E-state index in [0.717, 1.165) is 49.4 Å². The van der Waals surface area contributed by atoms with Crippen LogP contribution < -0.4 is 10.5 Å². The number of morpholine rings is 1. The molecule has 0 aromatic carbocycles. The van der Waals surface area contributed by atoms with Crippen LogP contribution in [0.5, 0.6) is 0 Å². The Bertz CT molecular complexity index is 699. The van der Waals surface area contributed by atoms with Gasteiger partial charge in [0.2, 0.25) is 0 Å². The second kappa shape index (κ2) is 4.86. The molecule has 0 spiro atoms. The van der Waals surface area contributed by atoms with E-state index in [1.807, 2.05) is 4.68 Å². The molecule has 0 bridgehead atoms. The van der Waals surface area contributed by atoms with Gasteiger partial charge in [0.1, 0.15) is 11.2 Å². The summed E-state index contributed by atoms with van der Waals surface area (Å²) in [6.07, 6.45) is 6.59. The van der Waals surface area contributed by atoms with Crippen LogP contribution >= 0.6 is 11.3 Å². The summed E-state index contributed by atoms with van der Waals surface area (Å²) in [7, 11) is 0. The summed E-state index contributed by atoms with van der Waals surface area (Å²) in [6, 6.07) is 0. The highest BCUT2D eigenvalue weighted by atomic mass is 32.1. The molecule has 20 heavy (non-hydrogen) atoms. The molecule has 0 atom stereocenters. The summed E-state index contributed by atoms with van der Waals surface area (Å²) in [6.45, 7) is 3.12. The van der Waals surface area contributed by atoms with Crippen molar-refractivity contribution in [1.29, 1.82) is 5.41 Å². The molecule has 1 aliphatic carbocycles. The Kier molecular flexibility index (Phi) is 3.00. The number of fused-ring (bicyclic) bond motifs is 3. The fraction of sp³-hybridized carbons (Fsp3) is 0.571. The summed E-state index contributed by atoms with van der Waals surface area (Å²) >= 11 is 1.78. The Balaban J connectivity index is 1.87. The number of hydrogen-bond acceptors (Lipinski definition) is 5. The van der Waals surface area contributed by atoms with Crippen LogP contribution in [0.4, 0.5) is 0 Å². The zero-order valence-electron chi connectivity index (χ0n) is 11.4. The van der Waals surface area contributed by atoms with Crippen molar-refractivity contribution in [2.45, 2.75) is 25.7 Å². The highest BCUT2D eigenvalue weighted by molar-refractivity contribution is 7.18. The zero-order chi connectivity index (χ0) is 13.5. The van der Waals surface area contributed by atoms with Crippen LogP contribution in [0.2, 0.25) is 0 Å². The summed E-state index contributed by atoms with van der Waals surface area (Å²) in [5.74, 6) is 0. The van der Waals surface area contributed by atoms with Crippen LogP contribution in [-0.4, -0.2) is 36.0 Å². The zero-order valence-corrected chi connectivity index (χ0v) is 12.2. The minimum Gasteiger partial charge on any atom is -0.378 e. The highest BCUT2D eigenvalue weighted by Gasteiger charge is 2.20. The number of hydrogen-bond donors (Lipinski definition) is 1. The molecule has 1 aliphatic heterocycles. The number of aromatic nitrogens is 2. The number of nitrogens with zero attached hydrogens (tertiary/aromatic N) is 3. The minimum atomic E-state index is 0.594. The molecule has 0 amide bonds. The van der Waals surface area contributed by atoms with Gasteiger partial charge in [-0.25, -0.2) is 9.66 Å². The molecule has 4 rings (SSSR count). The summed E-state index contributed by atoms with van der Waals surface area (Å²) in [5, 5.41) is 11.8. The van der Waals surface area contributed by atoms with Crippen molar-refractivity contribution in [3.05, 3.63) is 22.3 Å². The summed E-state index contributed by atoms with van der Waals surface area (Å²) in [4.78, 5) is 7.09. The van der Waals surface area contributed by atoms with Crippen LogP contribution in [0, 0.1) is 5.41 Å². The van der Waals surface area contributed by atoms with Crippen LogP contribution in [-0.2, 0) is 17.6 Å². The van der Waals surface area contributed by atoms with Gasteiger partial charge in [0.05, 0.1) is 31.7 Å². The van der Waals surface area contributed by atoms with Crippen molar-refractivity contribution in [1.82, 2.24) is 9.66 Å². The Hall–Kier alpha value is -1.40. The van der Waals surface area contributed by atoms with Gasteiger partial charge in [-0.3, -0.25) is 5.41 Å². The van der Waals surface area contributed by atoms with E-state index in [4.69, 9.17) is 10.1 Å². The third-order valence-corrected chi connectivity index (χ3v) is 5.39. The molecule has 0 radical (unpaired) electrons. The normalized spacial score (nSPS) is 19.3. The number of thiophene rings is 1. The number of ether oxygens (including phenoxy) is 1. The molecular weight excluding hydrogens is 272 g/mol. The van der Waals surface area contributed by atoms with Gasteiger partial charge in [-0.15, -0.1) is 11.3 Å². The van der Waals surface area contributed by atoms with Crippen LogP contribution in [0.15, 0.2) is 6.33 Å². The molecule has 2 aliphatic rings. The SMILES string of the molecule is N=c1c2c3c(sc2ncn1N1CCOCC1)CCCC3. The first kappa shape index (κ1) is 12.3. The Morgan fingerprint density at radius 3 is 2.85 bits per heavy atom. The number of aryl methyl sites for hydroxylation is 2. The topological polar surface area (TPSA) is 54.1 Å². The molecule has 6 heteroatoms. The van der Waals surface area contributed by atoms with Crippen LogP contribution in [0.1, 0.15) is 23.3 Å². The first-order chi connectivity index (χ1) is 9.84. The molecule has 1 fully saturated rings. The second-order valence-corrected chi connectivity index (χ2v) is 6.48. The molecule has 3 heterocycles. The van der Waals surface area contributed by atoms with Gasteiger partial charge in [-0.1, -0.05) is 0 Å². The summed E-state index contributed by atoms with van der Waals surface area (Å²) in [5.41, 5.74) is 1.98. The Morgan fingerprint density at radius 1 is 1.20 bits per heavy atom. The fourth-order valence-corrected chi connectivity index (χ4v) is 4.38. The first-order valence-electron chi connectivity index (χ1n) is 7.24. The first-order valence-corrected chi connectivity index (χ1v) is 8.06. The molecule has 5 nitrogen and oxygen atoms in total. The van der Waals surface area contributed by atoms with Crippen molar-refractivity contribution in [2.75, 3.05) is 31.3 Å². The van der Waals surface area contributed by atoms with E-state index >= 15 is 0 Å². The van der Waals surface area contributed by atoms with Gasteiger partial charge in [0.15, 0.2) is 5.49 Å². The maximum absolute atomic E-state index is 8.58. The molecule has 1 saturated heterocycles. The van der Waals surface area contributed by atoms with E-state index in [2.05, 4.69) is 9.99 Å².